The van der Waals surface area contributed by atoms with Crippen LogP contribution in [-0.2, 0) is 6.54 Å². The van der Waals surface area contributed by atoms with E-state index in [9.17, 15) is 9.18 Å². The van der Waals surface area contributed by atoms with Crippen LogP contribution in [0.25, 0.3) is 0 Å². The van der Waals surface area contributed by atoms with Crippen molar-refractivity contribution in [2.45, 2.75) is 11.6 Å². The zero-order valence-electron chi connectivity index (χ0n) is 9.84. The van der Waals surface area contributed by atoms with Gasteiger partial charge in [0.1, 0.15) is 10.8 Å². The molecular weight excluding hydrogens is 267 g/mol. The van der Waals surface area contributed by atoms with Crippen LogP contribution in [0.1, 0.15) is 15.9 Å². The summed E-state index contributed by atoms with van der Waals surface area (Å²) in [6.45, 7) is 0.487. The van der Waals surface area contributed by atoms with Gasteiger partial charge in [-0.3, -0.25) is 4.72 Å². The van der Waals surface area contributed by atoms with Gasteiger partial charge in [0, 0.05) is 12.7 Å². The lowest BCUT2D eigenvalue weighted by Gasteiger charge is -2.06. The van der Waals surface area contributed by atoms with Crippen LogP contribution in [-0.4, -0.2) is 16.1 Å². The van der Waals surface area contributed by atoms with E-state index in [0.29, 0.717) is 11.6 Å². The highest BCUT2D eigenvalue weighted by atomic mass is 32.2. The second-order valence-electron chi connectivity index (χ2n) is 3.71. The van der Waals surface area contributed by atoms with Crippen LogP contribution >= 0.6 is 11.9 Å². The number of nitrogens with one attached hydrogen (secondary N) is 1. The fourth-order valence-corrected chi connectivity index (χ4v) is 2.18. The van der Waals surface area contributed by atoms with Gasteiger partial charge in [-0.15, -0.1) is 0 Å². The number of hydrogen-bond acceptors (Lipinski definition) is 4. The molecule has 0 spiro atoms. The Labute approximate surface area is 113 Å². The molecule has 0 atom stereocenters. The van der Waals surface area contributed by atoms with Crippen molar-refractivity contribution in [3.8, 4) is 0 Å². The molecule has 4 nitrogen and oxygen atoms in total. The fourth-order valence-electron chi connectivity index (χ4n) is 1.42. The standard InChI is InChI=1S/C13H11FN2O2S/c14-10-5-3-9(4-6-10)8-16-19-12-11(13(17)18)2-1-7-15-12/h1-7,16H,8H2,(H,17,18). The number of rotatable bonds is 5. The summed E-state index contributed by atoms with van der Waals surface area (Å²) in [6.07, 6.45) is 1.54. The topological polar surface area (TPSA) is 62.2 Å². The van der Waals surface area contributed by atoms with Crippen LogP contribution in [0.2, 0.25) is 0 Å². The Morgan fingerprint density at radius 3 is 2.74 bits per heavy atom. The van der Waals surface area contributed by atoms with Crippen molar-refractivity contribution in [1.82, 2.24) is 9.71 Å². The second kappa shape index (κ2) is 6.31. The minimum atomic E-state index is -1.01. The van der Waals surface area contributed by atoms with Gasteiger partial charge in [0.2, 0.25) is 0 Å². The lowest BCUT2D eigenvalue weighted by atomic mass is 10.2. The van der Waals surface area contributed by atoms with Gasteiger partial charge in [-0.05, 0) is 41.8 Å². The molecule has 0 bridgehead atoms. The molecule has 0 radical (unpaired) electrons. The highest BCUT2D eigenvalue weighted by molar-refractivity contribution is 7.97. The lowest BCUT2D eigenvalue weighted by Crippen LogP contribution is -2.07. The van der Waals surface area contributed by atoms with Crippen LogP contribution in [0, 0.1) is 5.82 Å². The number of aromatic carboxylic acids is 1. The van der Waals surface area contributed by atoms with E-state index < -0.39 is 5.97 Å². The van der Waals surface area contributed by atoms with Gasteiger partial charge >= 0.3 is 5.97 Å². The van der Waals surface area contributed by atoms with Gasteiger partial charge in [0.25, 0.3) is 0 Å². The fraction of sp³-hybridized carbons (Fsp3) is 0.0769. The highest BCUT2D eigenvalue weighted by Gasteiger charge is 2.10. The number of aromatic nitrogens is 1. The Kier molecular flexibility index (Phi) is 4.48. The van der Waals surface area contributed by atoms with E-state index in [1.54, 1.807) is 18.2 Å². The normalized spacial score (nSPS) is 10.4. The van der Waals surface area contributed by atoms with Gasteiger partial charge in [-0.25, -0.2) is 14.2 Å². The maximum Gasteiger partial charge on any atom is 0.338 e. The van der Waals surface area contributed by atoms with Gasteiger partial charge in [0.15, 0.2) is 0 Å². The average Bonchev–Trinajstić information content (AvgIpc) is 2.41. The molecule has 1 aromatic carbocycles. The summed E-state index contributed by atoms with van der Waals surface area (Å²) in [5, 5.41) is 9.39. The number of benzene rings is 1. The van der Waals surface area contributed by atoms with Crippen molar-refractivity contribution in [3.05, 3.63) is 59.5 Å². The molecule has 2 aromatic rings. The molecule has 6 heteroatoms. The summed E-state index contributed by atoms with van der Waals surface area (Å²) in [7, 11) is 0. The quantitative estimate of drug-likeness (QED) is 0.823. The molecule has 98 valence electrons. The molecule has 19 heavy (non-hydrogen) atoms. The largest absolute Gasteiger partial charge is 0.478 e. The maximum absolute atomic E-state index is 12.7. The van der Waals surface area contributed by atoms with Crippen molar-refractivity contribution < 1.29 is 14.3 Å². The lowest BCUT2D eigenvalue weighted by molar-refractivity contribution is 0.0692. The molecule has 0 saturated heterocycles. The molecule has 0 aliphatic rings. The minimum Gasteiger partial charge on any atom is -0.478 e. The molecule has 0 unspecified atom stereocenters. The number of halogens is 1. The molecule has 0 aliphatic heterocycles. The zero-order chi connectivity index (χ0) is 13.7. The summed E-state index contributed by atoms with van der Waals surface area (Å²) < 4.78 is 15.7. The van der Waals surface area contributed by atoms with Crippen LogP contribution in [0.5, 0.6) is 0 Å². The predicted molar refractivity (Wildman–Crippen MR) is 70.3 cm³/mol. The summed E-state index contributed by atoms with van der Waals surface area (Å²) in [5.74, 6) is -1.30. The Morgan fingerprint density at radius 1 is 1.32 bits per heavy atom. The SMILES string of the molecule is O=C(O)c1cccnc1SNCc1ccc(F)cc1. The minimum absolute atomic E-state index is 0.152. The molecule has 0 saturated carbocycles. The predicted octanol–water partition coefficient (Wildman–Crippen LogP) is 2.72. The van der Waals surface area contributed by atoms with Gasteiger partial charge in [0.05, 0.1) is 5.56 Å². The molecule has 2 rings (SSSR count). The van der Waals surface area contributed by atoms with Crippen molar-refractivity contribution >= 4 is 17.9 Å². The highest BCUT2D eigenvalue weighted by Crippen LogP contribution is 2.17. The molecule has 1 heterocycles. The first-order valence-corrected chi connectivity index (χ1v) is 6.31. The number of nitrogens with zero attached hydrogens (tertiary/aromatic N) is 1. The Balaban J connectivity index is 1.96. The molecular formula is C13H11FN2O2S. The van der Waals surface area contributed by atoms with E-state index in [1.807, 2.05) is 0 Å². The first-order chi connectivity index (χ1) is 9.16. The molecule has 0 amide bonds. The molecule has 1 aromatic heterocycles. The van der Waals surface area contributed by atoms with E-state index in [0.717, 1.165) is 17.5 Å². The van der Waals surface area contributed by atoms with Gasteiger partial charge in [-0.2, -0.15) is 0 Å². The first kappa shape index (κ1) is 13.5. The van der Waals surface area contributed by atoms with Gasteiger partial charge in [-0.1, -0.05) is 12.1 Å². The van der Waals surface area contributed by atoms with E-state index in [4.69, 9.17) is 5.11 Å². The Bertz CT molecular complexity index is 575. The van der Waals surface area contributed by atoms with Crippen LogP contribution in [0.15, 0.2) is 47.6 Å². The van der Waals surface area contributed by atoms with Crippen molar-refractivity contribution in [1.29, 1.82) is 0 Å². The smallest absolute Gasteiger partial charge is 0.338 e. The number of carbonyl (C=O) groups is 1. The van der Waals surface area contributed by atoms with Crippen molar-refractivity contribution in [3.63, 3.8) is 0 Å². The summed E-state index contributed by atoms with van der Waals surface area (Å²) in [4.78, 5) is 15.0. The van der Waals surface area contributed by atoms with E-state index >= 15 is 0 Å². The monoisotopic (exact) mass is 278 g/mol. The molecule has 0 fully saturated rings. The van der Waals surface area contributed by atoms with Crippen molar-refractivity contribution in [2.75, 3.05) is 0 Å². The summed E-state index contributed by atoms with van der Waals surface area (Å²) in [6, 6.07) is 9.17. The average molecular weight is 278 g/mol. The summed E-state index contributed by atoms with van der Waals surface area (Å²) in [5.41, 5.74) is 1.06. The third kappa shape index (κ3) is 3.77. The van der Waals surface area contributed by atoms with E-state index in [1.165, 1.54) is 24.4 Å². The molecule has 0 aliphatic carbocycles. The number of pyridine rings is 1. The molecule has 2 N–H and O–H groups in total. The first-order valence-electron chi connectivity index (χ1n) is 5.49. The second-order valence-corrected chi connectivity index (χ2v) is 4.59. The third-order valence-corrected chi connectivity index (χ3v) is 3.17. The van der Waals surface area contributed by atoms with Crippen LogP contribution in [0.3, 0.4) is 0 Å². The number of hydrogen-bond donors (Lipinski definition) is 2. The zero-order valence-corrected chi connectivity index (χ0v) is 10.7. The van der Waals surface area contributed by atoms with E-state index in [2.05, 4.69) is 9.71 Å². The summed E-state index contributed by atoms with van der Waals surface area (Å²) >= 11 is 1.14. The maximum atomic E-state index is 12.7. The van der Waals surface area contributed by atoms with Crippen molar-refractivity contribution in [2.24, 2.45) is 0 Å². The number of carboxylic acid groups (broad SMARTS) is 1. The van der Waals surface area contributed by atoms with E-state index in [-0.39, 0.29) is 11.4 Å². The van der Waals surface area contributed by atoms with Crippen LogP contribution < -0.4 is 4.72 Å². The number of carboxylic acids is 1. The third-order valence-electron chi connectivity index (χ3n) is 2.36. The Morgan fingerprint density at radius 2 is 2.05 bits per heavy atom. The van der Waals surface area contributed by atoms with Gasteiger partial charge < -0.3 is 5.11 Å². The Hall–Kier alpha value is -1.92. The van der Waals surface area contributed by atoms with Crippen LogP contribution in [0.4, 0.5) is 4.39 Å².